The highest BCUT2D eigenvalue weighted by Crippen LogP contribution is 2.17. The van der Waals surface area contributed by atoms with E-state index >= 15 is 0 Å². The van der Waals surface area contributed by atoms with Crippen molar-refractivity contribution in [3.05, 3.63) is 0 Å². The fraction of sp³-hybridized carbons (Fsp3) is 0.875. The van der Waals surface area contributed by atoms with Gasteiger partial charge in [0.1, 0.15) is 0 Å². The Hall–Kier alpha value is -0.530. The molecule has 1 rings (SSSR count). The Morgan fingerprint density at radius 2 is 2.50 bits per heavy atom. The molecule has 0 radical (unpaired) electrons. The molecule has 1 aliphatic heterocycles. The first-order chi connectivity index (χ1) is 4.83. The first-order valence-corrected chi connectivity index (χ1v) is 3.98. The van der Waals surface area contributed by atoms with Crippen LogP contribution in [-0.2, 0) is 9.53 Å². The maximum absolute atomic E-state index is 10.7. The lowest BCUT2D eigenvalue weighted by Gasteiger charge is -2.08. The summed E-state index contributed by atoms with van der Waals surface area (Å²) >= 11 is 0. The third-order valence-corrected chi connectivity index (χ3v) is 2.05. The van der Waals surface area contributed by atoms with Gasteiger partial charge in [-0.1, -0.05) is 13.3 Å². The minimum Gasteiger partial charge on any atom is -0.465 e. The van der Waals surface area contributed by atoms with E-state index in [0.29, 0.717) is 18.9 Å². The SMILES string of the molecule is CC[C@H]1CCCC(=O)OC1. The monoisotopic (exact) mass is 142 g/mol. The van der Waals surface area contributed by atoms with E-state index in [1.165, 1.54) is 0 Å². The van der Waals surface area contributed by atoms with Gasteiger partial charge in [-0.3, -0.25) is 4.79 Å². The smallest absolute Gasteiger partial charge is 0.305 e. The second kappa shape index (κ2) is 3.59. The predicted octanol–water partition coefficient (Wildman–Crippen LogP) is 1.74. The Balaban J connectivity index is 2.33. The highest BCUT2D eigenvalue weighted by atomic mass is 16.5. The van der Waals surface area contributed by atoms with Crippen molar-refractivity contribution in [2.75, 3.05) is 6.61 Å². The van der Waals surface area contributed by atoms with Gasteiger partial charge >= 0.3 is 5.97 Å². The van der Waals surface area contributed by atoms with Crippen molar-refractivity contribution in [3.63, 3.8) is 0 Å². The molecule has 1 heterocycles. The van der Waals surface area contributed by atoms with Gasteiger partial charge in [-0.05, 0) is 18.8 Å². The minimum absolute atomic E-state index is 0.0176. The van der Waals surface area contributed by atoms with E-state index < -0.39 is 0 Å². The number of carbonyl (C=O) groups excluding carboxylic acids is 1. The van der Waals surface area contributed by atoms with E-state index in [1.54, 1.807) is 0 Å². The van der Waals surface area contributed by atoms with E-state index in [2.05, 4.69) is 6.92 Å². The van der Waals surface area contributed by atoms with E-state index in [1.807, 2.05) is 0 Å². The van der Waals surface area contributed by atoms with Crippen LogP contribution in [0, 0.1) is 5.92 Å². The topological polar surface area (TPSA) is 26.3 Å². The molecule has 2 nitrogen and oxygen atoms in total. The quantitative estimate of drug-likeness (QED) is 0.521. The zero-order valence-corrected chi connectivity index (χ0v) is 6.43. The molecule has 0 spiro atoms. The highest BCUT2D eigenvalue weighted by molar-refractivity contribution is 5.69. The number of hydrogen-bond acceptors (Lipinski definition) is 2. The molecule has 0 N–H and O–H groups in total. The van der Waals surface area contributed by atoms with Gasteiger partial charge in [-0.2, -0.15) is 0 Å². The van der Waals surface area contributed by atoms with E-state index in [-0.39, 0.29) is 5.97 Å². The zero-order chi connectivity index (χ0) is 7.40. The minimum atomic E-state index is -0.0176. The standard InChI is InChI=1S/C8H14O2/c1-2-7-4-3-5-8(9)10-6-7/h7H,2-6H2,1H3/t7-/m0/s1. The van der Waals surface area contributed by atoms with Crippen molar-refractivity contribution in [3.8, 4) is 0 Å². The molecule has 0 bridgehead atoms. The molecule has 0 saturated carbocycles. The molecule has 0 amide bonds. The summed E-state index contributed by atoms with van der Waals surface area (Å²) in [5.74, 6) is 0.599. The molecule has 58 valence electrons. The van der Waals surface area contributed by atoms with Gasteiger partial charge in [0.05, 0.1) is 6.61 Å². The lowest BCUT2D eigenvalue weighted by molar-refractivity contribution is -0.143. The van der Waals surface area contributed by atoms with Gasteiger partial charge in [0.2, 0.25) is 0 Å². The number of ether oxygens (including phenoxy) is 1. The number of cyclic esters (lactones) is 1. The van der Waals surface area contributed by atoms with Crippen molar-refractivity contribution in [1.82, 2.24) is 0 Å². The molecule has 2 heteroatoms. The van der Waals surface area contributed by atoms with Crippen LogP contribution in [0.2, 0.25) is 0 Å². The van der Waals surface area contributed by atoms with Crippen LogP contribution < -0.4 is 0 Å². The highest BCUT2D eigenvalue weighted by Gasteiger charge is 2.14. The Morgan fingerprint density at radius 3 is 3.20 bits per heavy atom. The Bertz CT molecular complexity index is 120. The maximum Gasteiger partial charge on any atom is 0.305 e. The molecular weight excluding hydrogens is 128 g/mol. The predicted molar refractivity (Wildman–Crippen MR) is 38.6 cm³/mol. The first kappa shape index (κ1) is 7.58. The third-order valence-electron chi connectivity index (χ3n) is 2.05. The van der Waals surface area contributed by atoms with E-state index in [0.717, 1.165) is 19.3 Å². The van der Waals surface area contributed by atoms with Crippen LogP contribution in [0.15, 0.2) is 0 Å². The van der Waals surface area contributed by atoms with Crippen LogP contribution in [0.1, 0.15) is 32.6 Å². The zero-order valence-electron chi connectivity index (χ0n) is 6.43. The summed E-state index contributed by atoms with van der Waals surface area (Å²) < 4.78 is 4.97. The van der Waals surface area contributed by atoms with Crippen LogP contribution in [0.25, 0.3) is 0 Å². The normalized spacial score (nSPS) is 27.3. The molecular formula is C8H14O2. The molecule has 0 aromatic rings. The lowest BCUT2D eigenvalue weighted by Crippen LogP contribution is -2.07. The largest absolute Gasteiger partial charge is 0.465 e. The van der Waals surface area contributed by atoms with Gasteiger partial charge in [0, 0.05) is 6.42 Å². The number of rotatable bonds is 1. The van der Waals surface area contributed by atoms with Crippen molar-refractivity contribution < 1.29 is 9.53 Å². The van der Waals surface area contributed by atoms with Crippen LogP contribution in [0.5, 0.6) is 0 Å². The van der Waals surface area contributed by atoms with Gasteiger partial charge in [0.25, 0.3) is 0 Å². The summed E-state index contributed by atoms with van der Waals surface area (Å²) in [6.07, 6.45) is 3.92. The van der Waals surface area contributed by atoms with Crippen molar-refractivity contribution in [2.24, 2.45) is 5.92 Å². The van der Waals surface area contributed by atoms with Crippen molar-refractivity contribution in [2.45, 2.75) is 32.6 Å². The van der Waals surface area contributed by atoms with Crippen molar-refractivity contribution in [1.29, 1.82) is 0 Å². The second-order valence-electron chi connectivity index (χ2n) is 2.85. The van der Waals surface area contributed by atoms with Crippen molar-refractivity contribution >= 4 is 5.97 Å². The average Bonchev–Trinajstić information content (AvgIpc) is 2.14. The van der Waals surface area contributed by atoms with E-state index in [4.69, 9.17) is 4.74 Å². The molecule has 1 saturated heterocycles. The summed E-state index contributed by atoms with van der Waals surface area (Å²) in [6.45, 7) is 2.79. The molecule has 1 aliphatic rings. The van der Waals surface area contributed by atoms with E-state index in [9.17, 15) is 4.79 Å². The van der Waals surface area contributed by atoms with Gasteiger partial charge < -0.3 is 4.74 Å². The van der Waals surface area contributed by atoms with Gasteiger partial charge in [-0.25, -0.2) is 0 Å². The molecule has 0 aliphatic carbocycles. The molecule has 10 heavy (non-hydrogen) atoms. The summed E-state index contributed by atoms with van der Waals surface area (Å²) in [5.41, 5.74) is 0. The Labute approximate surface area is 61.6 Å². The fourth-order valence-electron chi connectivity index (χ4n) is 1.22. The number of carbonyl (C=O) groups is 1. The van der Waals surface area contributed by atoms with Crippen LogP contribution >= 0.6 is 0 Å². The molecule has 0 aromatic heterocycles. The van der Waals surface area contributed by atoms with Crippen LogP contribution in [0.3, 0.4) is 0 Å². The third kappa shape index (κ3) is 2.01. The Kier molecular flexibility index (Phi) is 2.72. The first-order valence-electron chi connectivity index (χ1n) is 3.98. The summed E-state index contributed by atoms with van der Waals surface area (Å²) in [4.78, 5) is 10.7. The number of esters is 1. The summed E-state index contributed by atoms with van der Waals surface area (Å²) in [7, 11) is 0. The molecule has 0 unspecified atom stereocenters. The lowest BCUT2D eigenvalue weighted by atomic mass is 10.0. The second-order valence-corrected chi connectivity index (χ2v) is 2.85. The van der Waals surface area contributed by atoms with Crippen LogP contribution in [0.4, 0.5) is 0 Å². The summed E-state index contributed by atoms with van der Waals surface area (Å²) in [6, 6.07) is 0. The van der Waals surface area contributed by atoms with Gasteiger partial charge in [-0.15, -0.1) is 0 Å². The maximum atomic E-state index is 10.7. The number of hydrogen-bond donors (Lipinski definition) is 0. The fourth-order valence-corrected chi connectivity index (χ4v) is 1.22. The molecule has 1 atom stereocenters. The van der Waals surface area contributed by atoms with Gasteiger partial charge in [0.15, 0.2) is 0 Å². The molecule has 1 fully saturated rings. The summed E-state index contributed by atoms with van der Waals surface area (Å²) in [5, 5.41) is 0. The molecule has 0 aromatic carbocycles. The average molecular weight is 142 g/mol. The van der Waals surface area contributed by atoms with Crippen LogP contribution in [-0.4, -0.2) is 12.6 Å². The Morgan fingerprint density at radius 1 is 1.70 bits per heavy atom.